The highest BCUT2D eigenvalue weighted by Gasteiger charge is 2.35. The first kappa shape index (κ1) is 18.3. The lowest BCUT2D eigenvalue weighted by Crippen LogP contribution is -2.29. The quantitative estimate of drug-likeness (QED) is 0.394. The van der Waals surface area contributed by atoms with E-state index in [-0.39, 0.29) is 12.2 Å². The lowest BCUT2D eigenvalue weighted by atomic mass is 9.84. The van der Waals surface area contributed by atoms with Gasteiger partial charge in [0, 0.05) is 6.42 Å². The van der Waals surface area contributed by atoms with Crippen molar-refractivity contribution in [1.82, 2.24) is 0 Å². The van der Waals surface area contributed by atoms with Crippen LogP contribution in [0.25, 0.3) is 5.57 Å². The molecule has 2 aromatic rings. The maximum Gasteiger partial charge on any atom is 0.374 e. The van der Waals surface area contributed by atoms with E-state index in [1.165, 1.54) is 36.4 Å². The standard InChI is InChI=1S/C19H14F4O3/c20-16-5-1-3-14(11-16)13-7-9-19(10-8-13,25-26-24-18(22)23)15-4-2-6-17(21)12-15/h1-9,11-12,18H,10H2. The van der Waals surface area contributed by atoms with E-state index in [1.54, 1.807) is 30.4 Å². The van der Waals surface area contributed by atoms with Gasteiger partial charge in [0.25, 0.3) is 0 Å². The van der Waals surface area contributed by atoms with Crippen molar-refractivity contribution in [3.63, 3.8) is 0 Å². The highest BCUT2D eigenvalue weighted by atomic mass is 19.3. The van der Waals surface area contributed by atoms with Gasteiger partial charge in [-0.1, -0.05) is 41.5 Å². The van der Waals surface area contributed by atoms with Gasteiger partial charge in [-0.3, -0.25) is 0 Å². The molecule has 0 saturated heterocycles. The Bertz CT molecular complexity index is 835. The molecule has 0 spiro atoms. The second-order valence-electron chi connectivity index (χ2n) is 5.62. The normalized spacial score (nSPS) is 19.7. The molecule has 3 rings (SSSR count). The second kappa shape index (κ2) is 7.82. The van der Waals surface area contributed by atoms with E-state index in [9.17, 15) is 17.6 Å². The van der Waals surface area contributed by atoms with E-state index in [0.29, 0.717) is 16.7 Å². The average molecular weight is 366 g/mol. The zero-order valence-corrected chi connectivity index (χ0v) is 13.4. The highest BCUT2D eigenvalue weighted by molar-refractivity contribution is 5.75. The predicted octanol–water partition coefficient (Wildman–Crippen LogP) is 5.31. The van der Waals surface area contributed by atoms with Crippen molar-refractivity contribution < 1.29 is 32.4 Å². The minimum atomic E-state index is -3.19. The maximum atomic E-state index is 13.6. The van der Waals surface area contributed by atoms with Gasteiger partial charge in [0.1, 0.15) is 11.6 Å². The lowest BCUT2D eigenvalue weighted by Gasteiger charge is -2.30. The zero-order valence-electron chi connectivity index (χ0n) is 13.4. The van der Waals surface area contributed by atoms with Crippen LogP contribution in [0.15, 0.2) is 66.8 Å². The van der Waals surface area contributed by atoms with E-state index in [1.807, 2.05) is 0 Å². The molecule has 1 unspecified atom stereocenters. The van der Waals surface area contributed by atoms with Crippen molar-refractivity contribution in [3.8, 4) is 0 Å². The van der Waals surface area contributed by atoms with Crippen LogP contribution < -0.4 is 0 Å². The van der Waals surface area contributed by atoms with Crippen LogP contribution in [0.5, 0.6) is 0 Å². The minimum Gasteiger partial charge on any atom is -0.207 e. The number of alkyl halides is 2. The number of benzene rings is 2. The smallest absolute Gasteiger partial charge is 0.207 e. The monoisotopic (exact) mass is 366 g/mol. The van der Waals surface area contributed by atoms with Crippen molar-refractivity contribution in [3.05, 3.63) is 89.5 Å². The fourth-order valence-corrected chi connectivity index (χ4v) is 2.69. The van der Waals surface area contributed by atoms with Gasteiger partial charge in [-0.2, -0.15) is 13.7 Å². The van der Waals surface area contributed by atoms with Gasteiger partial charge in [-0.15, -0.1) is 4.89 Å². The SMILES string of the molecule is Fc1cccc(C2=CCC(OOOC(F)F)(c3cccc(F)c3)C=C2)c1. The van der Waals surface area contributed by atoms with E-state index < -0.39 is 18.0 Å². The van der Waals surface area contributed by atoms with Gasteiger partial charge in [-0.05, 0) is 47.0 Å². The Morgan fingerprint density at radius 3 is 2.31 bits per heavy atom. The molecule has 136 valence electrons. The summed E-state index contributed by atoms with van der Waals surface area (Å²) in [6.07, 6.45) is 4.99. The summed E-state index contributed by atoms with van der Waals surface area (Å²) in [6, 6.07) is 11.5. The minimum absolute atomic E-state index is 0.130. The Labute approximate surface area is 147 Å². The summed E-state index contributed by atoms with van der Waals surface area (Å²) in [5, 5.41) is 4.18. The molecule has 0 saturated carbocycles. The van der Waals surface area contributed by atoms with Crippen LogP contribution in [0.3, 0.4) is 0 Å². The largest absolute Gasteiger partial charge is 0.374 e. The summed E-state index contributed by atoms with van der Waals surface area (Å²) in [5.41, 5.74) is 0.322. The van der Waals surface area contributed by atoms with Crippen LogP contribution in [0.4, 0.5) is 17.6 Å². The Balaban J connectivity index is 1.88. The molecule has 0 heterocycles. The Morgan fingerprint density at radius 1 is 0.962 bits per heavy atom. The first-order chi connectivity index (χ1) is 12.5. The van der Waals surface area contributed by atoms with Crippen molar-refractivity contribution in [2.24, 2.45) is 0 Å². The first-order valence-electron chi connectivity index (χ1n) is 7.69. The molecule has 1 atom stereocenters. The molecule has 0 amide bonds. The Hall–Kier alpha value is -2.48. The van der Waals surface area contributed by atoms with Crippen LogP contribution in [0.1, 0.15) is 17.5 Å². The first-order valence-corrected chi connectivity index (χ1v) is 7.69. The number of hydrogen-bond acceptors (Lipinski definition) is 3. The fraction of sp³-hybridized carbons (Fsp3) is 0.158. The molecule has 2 aromatic carbocycles. The van der Waals surface area contributed by atoms with Gasteiger partial charge in [-0.25, -0.2) is 8.78 Å². The lowest BCUT2D eigenvalue weighted by molar-refractivity contribution is -0.574. The van der Waals surface area contributed by atoms with E-state index in [4.69, 9.17) is 4.89 Å². The summed E-state index contributed by atoms with van der Waals surface area (Å²) in [6.45, 7) is -3.19. The number of rotatable bonds is 6. The summed E-state index contributed by atoms with van der Waals surface area (Å²) in [5.74, 6) is -0.905. The number of hydrogen-bond donors (Lipinski definition) is 0. The molecule has 1 aliphatic carbocycles. The topological polar surface area (TPSA) is 27.7 Å². The molecule has 26 heavy (non-hydrogen) atoms. The summed E-state index contributed by atoms with van der Waals surface area (Å²) < 4.78 is 51.3. The van der Waals surface area contributed by atoms with Crippen LogP contribution in [0, 0.1) is 11.6 Å². The fourth-order valence-electron chi connectivity index (χ4n) is 2.69. The number of allylic oxidation sites excluding steroid dienone is 2. The van der Waals surface area contributed by atoms with Gasteiger partial charge >= 0.3 is 6.61 Å². The summed E-state index contributed by atoms with van der Waals surface area (Å²) in [4.78, 5) is 8.75. The van der Waals surface area contributed by atoms with Gasteiger partial charge in [0.15, 0.2) is 5.60 Å². The van der Waals surface area contributed by atoms with Crippen molar-refractivity contribution in [2.75, 3.05) is 0 Å². The summed E-state index contributed by atoms with van der Waals surface area (Å²) in [7, 11) is 0. The molecular formula is C19H14F4O3. The third-order valence-electron chi connectivity index (χ3n) is 3.92. The average Bonchev–Trinajstić information content (AvgIpc) is 2.62. The third kappa shape index (κ3) is 4.19. The highest BCUT2D eigenvalue weighted by Crippen LogP contribution is 2.38. The summed E-state index contributed by atoms with van der Waals surface area (Å²) >= 11 is 0. The molecule has 3 nitrogen and oxygen atoms in total. The van der Waals surface area contributed by atoms with Crippen LogP contribution in [-0.2, 0) is 20.4 Å². The molecule has 0 bridgehead atoms. The van der Waals surface area contributed by atoms with Crippen LogP contribution in [-0.4, -0.2) is 6.61 Å². The van der Waals surface area contributed by atoms with E-state index in [2.05, 4.69) is 9.93 Å². The predicted molar refractivity (Wildman–Crippen MR) is 85.5 cm³/mol. The molecule has 0 N–H and O–H groups in total. The molecule has 7 heteroatoms. The van der Waals surface area contributed by atoms with Crippen LogP contribution >= 0.6 is 0 Å². The van der Waals surface area contributed by atoms with E-state index >= 15 is 0 Å². The molecule has 1 aliphatic rings. The van der Waals surface area contributed by atoms with Crippen LogP contribution in [0.2, 0.25) is 0 Å². The van der Waals surface area contributed by atoms with Gasteiger partial charge in [0.05, 0.1) is 0 Å². The second-order valence-corrected chi connectivity index (χ2v) is 5.62. The van der Waals surface area contributed by atoms with Gasteiger partial charge in [0.2, 0.25) is 0 Å². The van der Waals surface area contributed by atoms with Crippen molar-refractivity contribution >= 4 is 5.57 Å². The van der Waals surface area contributed by atoms with E-state index in [0.717, 1.165) is 0 Å². The van der Waals surface area contributed by atoms with Crippen molar-refractivity contribution in [1.29, 1.82) is 0 Å². The van der Waals surface area contributed by atoms with Crippen molar-refractivity contribution in [2.45, 2.75) is 18.6 Å². The molecular weight excluding hydrogens is 352 g/mol. The third-order valence-corrected chi connectivity index (χ3v) is 3.92. The number of halogens is 4. The zero-order chi connectivity index (χ0) is 18.6. The molecule has 0 fully saturated rings. The molecule has 0 radical (unpaired) electrons. The maximum absolute atomic E-state index is 13.6. The van der Waals surface area contributed by atoms with Gasteiger partial charge < -0.3 is 0 Å². The molecule has 0 aromatic heterocycles. The Morgan fingerprint density at radius 2 is 1.69 bits per heavy atom. The molecule has 0 aliphatic heterocycles. The Kier molecular flexibility index (Phi) is 5.51.